The second-order valence-corrected chi connectivity index (χ2v) is 2.99. The van der Waals surface area contributed by atoms with Crippen molar-refractivity contribution in [2.75, 3.05) is 13.1 Å². The number of nitrogens with zero attached hydrogens (tertiary/aromatic N) is 2. The molecule has 0 saturated carbocycles. The minimum atomic E-state index is 0.916. The first-order valence-corrected chi connectivity index (χ1v) is 4.44. The molecule has 0 saturated heterocycles. The van der Waals surface area contributed by atoms with Crippen molar-refractivity contribution in [1.82, 2.24) is 4.90 Å². The van der Waals surface area contributed by atoms with Crippen LogP contribution in [0.2, 0.25) is 0 Å². The molecule has 0 radical (unpaired) electrons. The lowest BCUT2D eigenvalue weighted by molar-refractivity contribution is 0.628. The van der Waals surface area contributed by atoms with Crippen molar-refractivity contribution in [3.8, 4) is 0 Å². The zero-order valence-electron chi connectivity index (χ0n) is 7.43. The number of hydrogen-bond acceptors (Lipinski definition) is 2. The fourth-order valence-corrected chi connectivity index (χ4v) is 1.25. The van der Waals surface area contributed by atoms with E-state index in [9.17, 15) is 0 Å². The molecule has 2 heteroatoms. The van der Waals surface area contributed by atoms with E-state index in [4.69, 9.17) is 0 Å². The Morgan fingerprint density at radius 3 is 2.77 bits per heavy atom. The Kier molecular flexibility index (Phi) is 2.41. The van der Waals surface area contributed by atoms with Gasteiger partial charge < -0.3 is 4.90 Å². The summed E-state index contributed by atoms with van der Waals surface area (Å²) in [7, 11) is 0. The minimum absolute atomic E-state index is 0.916. The smallest absolute Gasteiger partial charge is 0.0891 e. The van der Waals surface area contributed by atoms with Gasteiger partial charge in [-0.25, -0.2) is 0 Å². The van der Waals surface area contributed by atoms with Crippen molar-refractivity contribution in [3.63, 3.8) is 0 Å². The molecule has 0 spiro atoms. The third kappa shape index (κ3) is 2.18. The van der Waals surface area contributed by atoms with Crippen molar-refractivity contribution < 1.29 is 0 Å². The average molecular weight is 172 g/mol. The fourth-order valence-electron chi connectivity index (χ4n) is 1.25. The maximum atomic E-state index is 4.13. The van der Waals surface area contributed by atoms with Gasteiger partial charge in [-0.2, -0.15) is 0 Å². The molecule has 0 atom stereocenters. The molecule has 0 bridgehead atoms. The highest BCUT2D eigenvalue weighted by Gasteiger charge is 1.99. The molecule has 66 valence electrons. The third-order valence-corrected chi connectivity index (χ3v) is 1.98. The van der Waals surface area contributed by atoms with Gasteiger partial charge in [0.05, 0.1) is 12.9 Å². The Bertz CT molecular complexity index is 314. The van der Waals surface area contributed by atoms with Crippen molar-refractivity contribution in [1.29, 1.82) is 0 Å². The van der Waals surface area contributed by atoms with Gasteiger partial charge in [0, 0.05) is 12.7 Å². The topological polar surface area (TPSA) is 15.6 Å². The highest BCUT2D eigenvalue weighted by molar-refractivity contribution is 5.61. The van der Waals surface area contributed by atoms with E-state index in [1.165, 1.54) is 5.56 Å². The van der Waals surface area contributed by atoms with E-state index in [1.54, 1.807) is 0 Å². The summed E-state index contributed by atoms with van der Waals surface area (Å²) in [5.41, 5.74) is 1.22. The van der Waals surface area contributed by atoms with Crippen molar-refractivity contribution in [3.05, 3.63) is 42.1 Å². The summed E-state index contributed by atoms with van der Waals surface area (Å²) >= 11 is 0. The Morgan fingerprint density at radius 2 is 2.08 bits per heavy atom. The van der Waals surface area contributed by atoms with Gasteiger partial charge in [0.25, 0.3) is 0 Å². The van der Waals surface area contributed by atoms with Gasteiger partial charge in [-0.3, -0.25) is 4.99 Å². The maximum absolute atomic E-state index is 4.13. The second-order valence-electron chi connectivity index (χ2n) is 2.99. The minimum Gasteiger partial charge on any atom is -0.338 e. The average Bonchev–Trinajstić information content (AvgIpc) is 2.69. The molecule has 1 aliphatic heterocycles. The summed E-state index contributed by atoms with van der Waals surface area (Å²) in [5.74, 6) is 0. The lowest BCUT2D eigenvalue weighted by atomic mass is 10.2. The SMILES string of the molecule is C1=NCCN1/C=C/c1ccccc1. The molecule has 2 nitrogen and oxygen atoms in total. The maximum Gasteiger partial charge on any atom is 0.0891 e. The molecule has 1 aromatic rings. The molecule has 1 aliphatic rings. The molecule has 1 heterocycles. The standard InChI is InChI=1S/C11H12N2/c1-2-4-11(5-3-1)6-8-13-9-7-12-10-13/h1-6,8,10H,7,9H2/b8-6+. The summed E-state index contributed by atoms with van der Waals surface area (Å²) in [6, 6.07) is 10.3. The van der Waals surface area contributed by atoms with Gasteiger partial charge in [-0.1, -0.05) is 30.3 Å². The summed E-state index contributed by atoms with van der Waals surface area (Å²) in [6.45, 7) is 1.92. The van der Waals surface area contributed by atoms with Crippen LogP contribution < -0.4 is 0 Å². The van der Waals surface area contributed by atoms with Crippen LogP contribution in [0.1, 0.15) is 5.56 Å². The fraction of sp³-hybridized carbons (Fsp3) is 0.182. The van der Waals surface area contributed by atoms with E-state index in [0.717, 1.165) is 13.1 Å². The summed E-state index contributed by atoms with van der Waals surface area (Å²) < 4.78 is 0. The molecule has 0 N–H and O–H groups in total. The molecular weight excluding hydrogens is 160 g/mol. The van der Waals surface area contributed by atoms with Crippen LogP contribution in [-0.4, -0.2) is 24.3 Å². The van der Waals surface area contributed by atoms with Crippen LogP contribution in [0, 0.1) is 0 Å². The van der Waals surface area contributed by atoms with Crippen molar-refractivity contribution in [2.45, 2.75) is 0 Å². The molecule has 1 aromatic carbocycles. The lowest BCUT2D eigenvalue weighted by Crippen LogP contribution is -2.10. The van der Waals surface area contributed by atoms with Gasteiger partial charge in [0.15, 0.2) is 0 Å². The Hall–Kier alpha value is -1.57. The summed E-state index contributed by atoms with van der Waals surface area (Å²) in [5, 5.41) is 0. The number of rotatable bonds is 2. The number of benzene rings is 1. The quantitative estimate of drug-likeness (QED) is 0.666. The van der Waals surface area contributed by atoms with Crippen LogP contribution in [-0.2, 0) is 0 Å². The van der Waals surface area contributed by atoms with Crippen LogP contribution in [0.4, 0.5) is 0 Å². The highest BCUT2D eigenvalue weighted by Crippen LogP contribution is 2.03. The predicted molar refractivity (Wildman–Crippen MR) is 55.5 cm³/mol. The van der Waals surface area contributed by atoms with Gasteiger partial charge in [-0.15, -0.1) is 0 Å². The van der Waals surface area contributed by atoms with E-state index in [2.05, 4.69) is 34.3 Å². The molecule has 0 fully saturated rings. The first kappa shape index (κ1) is 8.05. The first-order valence-electron chi connectivity index (χ1n) is 4.44. The first-order chi connectivity index (χ1) is 6.45. The van der Waals surface area contributed by atoms with Crippen LogP contribution >= 0.6 is 0 Å². The second kappa shape index (κ2) is 3.90. The monoisotopic (exact) mass is 172 g/mol. The third-order valence-electron chi connectivity index (χ3n) is 1.98. The van der Waals surface area contributed by atoms with E-state index >= 15 is 0 Å². The highest BCUT2D eigenvalue weighted by atomic mass is 15.2. The summed E-state index contributed by atoms with van der Waals surface area (Å²) in [6.07, 6.45) is 6.03. The Labute approximate surface area is 78.2 Å². The van der Waals surface area contributed by atoms with E-state index in [0.29, 0.717) is 0 Å². The van der Waals surface area contributed by atoms with Gasteiger partial charge in [0.2, 0.25) is 0 Å². The van der Waals surface area contributed by atoms with Gasteiger partial charge >= 0.3 is 0 Å². The van der Waals surface area contributed by atoms with Crippen molar-refractivity contribution in [2.24, 2.45) is 4.99 Å². The van der Waals surface area contributed by atoms with Crippen molar-refractivity contribution >= 4 is 12.4 Å². The molecule has 0 aromatic heterocycles. The Balaban J connectivity index is 2.01. The van der Waals surface area contributed by atoms with Crippen LogP contribution in [0.15, 0.2) is 41.5 Å². The lowest BCUT2D eigenvalue weighted by Gasteiger charge is -2.05. The van der Waals surface area contributed by atoms with E-state index in [1.807, 2.05) is 24.5 Å². The van der Waals surface area contributed by atoms with Crippen LogP contribution in [0.25, 0.3) is 6.08 Å². The van der Waals surface area contributed by atoms with E-state index < -0.39 is 0 Å². The predicted octanol–water partition coefficient (Wildman–Crippen LogP) is 2.00. The number of hydrogen-bond donors (Lipinski definition) is 0. The molecule has 0 amide bonds. The normalized spacial score (nSPS) is 15.8. The molecular formula is C11H12N2. The largest absolute Gasteiger partial charge is 0.338 e. The van der Waals surface area contributed by atoms with Gasteiger partial charge in [0.1, 0.15) is 0 Å². The Morgan fingerprint density at radius 1 is 1.23 bits per heavy atom. The molecule has 0 unspecified atom stereocenters. The summed E-state index contributed by atoms with van der Waals surface area (Å²) in [4.78, 5) is 6.22. The molecule has 2 rings (SSSR count). The van der Waals surface area contributed by atoms with Crippen LogP contribution in [0.5, 0.6) is 0 Å². The molecule has 0 aliphatic carbocycles. The zero-order valence-corrected chi connectivity index (χ0v) is 7.43. The van der Waals surface area contributed by atoms with Gasteiger partial charge in [-0.05, 0) is 11.6 Å². The number of aliphatic imine (C=N–C) groups is 1. The van der Waals surface area contributed by atoms with Crippen LogP contribution in [0.3, 0.4) is 0 Å². The molecule has 13 heavy (non-hydrogen) atoms. The van der Waals surface area contributed by atoms with E-state index in [-0.39, 0.29) is 0 Å². The zero-order chi connectivity index (χ0) is 8.93.